The van der Waals surface area contributed by atoms with Crippen molar-refractivity contribution in [1.29, 1.82) is 0 Å². The zero-order chi connectivity index (χ0) is 15.3. The second-order valence-corrected chi connectivity index (χ2v) is 6.80. The molecule has 2 saturated heterocycles. The molecule has 0 amide bonds. The van der Waals surface area contributed by atoms with Gasteiger partial charge in [-0.3, -0.25) is 0 Å². The molecule has 0 aliphatic carbocycles. The van der Waals surface area contributed by atoms with E-state index < -0.39 is 0 Å². The van der Waals surface area contributed by atoms with Crippen LogP contribution in [0.1, 0.15) is 27.7 Å². The molecule has 3 rings (SSSR count). The topological polar surface area (TPSA) is 43.8 Å². The number of nitrogens with zero attached hydrogens (tertiary/aromatic N) is 2. The fourth-order valence-electron chi connectivity index (χ4n) is 2.51. The minimum Gasteiger partial charge on any atom is -0.399 e. The standard InChI is InChI=1S/C15H23BN2O3/c1-14(2)15(3,4)21-16(20-14)11-6-7-17-13(8-11)18-9-12(10-18)19-5/h6-8,12H,9-10H2,1-5H3. The van der Waals surface area contributed by atoms with Gasteiger partial charge in [0.25, 0.3) is 0 Å². The largest absolute Gasteiger partial charge is 0.495 e. The Bertz CT molecular complexity index is 513. The van der Waals surface area contributed by atoms with Crippen molar-refractivity contribution in [2.24, 2.45) is 0 Å². The Morgan fingerprint density at radius 1 is 1.24 bits per heavy atom. The van der Waals surface area contributed by atoms with Crippen LogP contribution in [0.2, 0.25) is 0 Å². The summed E-state index contributed by atoms with van der Waals surface area (Å²) >= 11 is 0. The highest BCUT2D eigenvalue weighted by Gasteiger charge is 2.51. The molecule has 2 aliphatic rings. The van der Waals surface area contributed by atoms with E-state index in [1.54, 1.807) is 7.11 Å². The molecule has 3 heterocycles. The summed E-state index contributed by atoms with van der Waals surface area (Å²) in [5.74, 6) is 0.954. The van der Waals surface area contributed by atoms with E-state index in [0.29, 0.717) is 6.10 Å². The zero-order valence-electron chi connectivity index (χ0n) is 13.4. The number of rotatable bonds is 3. The number of pyridine rings is 1. The average Bonchev–Trinajstić information content (AvgIpc) is 2.58. The Hall–Kier alpha value is -1.11. The highest BCUT2D eigenvalue weighted by Crippen LogP contribution is 2.36. The van der Waals surface area contributed by atoms with Crippen LogP contribution < -0.4 is 10.4 Å². The Morgan fingerprint density at radius 3 is 2.43 bits per heavy atom. The van der Waals surface area contributed by atoms with Gasteiger partial charge in [0.1, 0.15) is 5.82 Å². The van der Waals surface area contributed by atoms with Crippen molar-refractivity contribution in [3.8, 4) is 0 Å². The van der Waals surface area contributed by atoms with E-state index in [2.05, 4.69) is 37.6 Å². The molecule has 0 N–H and O–H groups in total. The lowest BCUT2D eigenvalue weighted by atomic mass is 9.79. The van der Waals surface area contributed by atoms with Crippen LogP contribution in [0.3, 0.4) is 0 Å². The van der Waals surface area contributed by atoms with Crippen LogP contribution in [0.15, 0.2) is 18.3 Å². The van der Waals surface area contributed by atoms with Crippen LogP contribution in [0, 0.1) is 0 Å². The first kappa shape index (κ1) is 14.8. The highest BCUT2D eigenvalue weighted by atomic mass is 16.7. The monoisotopic (exact) mass is 290 g/mol. The van der Waals surface area contributed by atoms with Crippen molar-refractivity contribution in [2.75, 3.05) is 25.1 Å². The van der Waals surface area contributed by atoms with E-state index in [-0.39, 0.29) is 18.3 Å². The van der Waals surface area contributed by atoms with Crippen LogP contribution in [0.25, 0.3) is 0 Å². The third kappa shape index (κ3) is 2.56. The maximum atomic E-state index is 6.09. The van der Waals surface area contributed by atoms with Crippen LogP contribution >= 0.6 is 0 Å². The highest BCUT2D eigenvalue weighted by molar-refractivity contribution is 6.62. The molecule has 0 aromatic carbocycles. The van der Waals surface area contributed by atoms with Crippen molar-refractivity contribution < 1.29 is 14.0 Å². The van der Waals surface area contributed by atoms with Crippen molar-refractivity contribution in [2.45, 2.75) is 45.0 Å². The molecule has 0 bridgehead atoms. The Balaban J connectivity index is 1.76. The number of aromatic nitrogens is 1. The van der Waals surface area contributed by atoms with Crippen molar-refractivity contribution in [1.82, 2.24) is 4.98 Å². The molecular formula is C15H23BN2O3. The molecule has 5 nitrogen and oxygen atoms in total. The Morgan fingerprint density at radius 2 is 1.86 bits per heavy atom. The molecule has 1 aromatic rings. The van der Waals surface area contributed by atoms with Crippen LogP contribution in [0.5, 0.6) is 0 Å². The summed E-state index contributed by atoms with van der Waals surface area (Å²) in [4.78, 5) is 6.63. The maximum Gasteiger partial charge on any atom is 0.495 e. The lowest BCUT2D eigenvalue weighted by Gasteiger charge is -2.39. The van der Waals surface area contributed by atoms with E-state index in [0.717, 1.165) is 24.4 Å². The molecule has 2 fully saturated rings. The van der Waals surface area contributed by atoms with Gasteiger partial charge in [-0.25, -0.2) is 4.98 Å². The first-order valence-corrected chi connectivity index (χ1v) is 7.42. The molecule has 0 spiro atoms. The molecule has 0 saturated carbocycles. The first-order valence-electron chi connectivity index (χ1n) is 7.42. The molecule has 114 valence electrons. The summed E-state index contributed by atoms with van der Waals surface area (Å²) in [7, 11) is 1.41. The molecule has 2 aliphatic heterocycles. The van der Waals surface area contributed by atoms with Gasteiger partial charge in [-0.15, -0.1) is 0 Å². The van der Waals surface area contributed by atoms with E-state index in [4.69, 9.17) is 14.0 Å². The van der Waals surface area contributed by atoms with Gasteiger partial charge in [-0.05, 0) is 45.3 Å². The maximum absolute atomic E-state index is 6.09. The summed E-state index contributed by atoms with van der Waals surface area (Å²) < 4.78 is 17.5. The second kappa shape index (κ2) is 4.97. The predicted molar refractivity (Wildman–Crippen MR) is 83.0 cm³/mol. The van der Waals surface area contributed by atoms with Gasteiger partial charge in [0.15, 0.2) is 0 Å². The number of ether oxygens (including phenoxy) is 1. The van der Waals surface area contributed by atoms with Gasteiger partial charge < -0.3 is 18.9 Å². The molecule has 6 heteroatoms. The first-order chi connectivity index (χ1) is 9.82. The van der Waals surface area contributed by atoms with Crippen molar-refractivity contribution in [3.63, 3.8) is 0 Å². The number of hydrogen-bond acceptors (Lipinski definition) is 5. The Labute approximate surface area is 126 Å². The number of anilines is 1. The quantitative estimate of drug-likeness (QED) is 0.783. The van der Waals surface area contributed by atoms with Crippen LogP contribution in [-0.4, -0.2) is 49.6 Å². The number of hydrogen-bond donors (Lipinski definition) is 0. The van der Waals surface area contributed by atoms with Crippen molar-refractivity contribution >= 4 is 18.4 Å². The molecule has 21 heavy (non-hydrogen) atoms. The second-order valence-electron chi connectivity index (χ2n) is 6.80. The smallest absolute Gasteiger partial charge is 0.399 e. The van der Waals surface area contributed by atoms with Gasteiger partial charge >= 0.3 is 7.12 Å². The van der Waals surface area contributed by atoms with Crippen LogP contribution in [-0.2, 0) is 14.0 Å². The van der Waals surface area contributed by atoms with Gasteiger partial charge in [-0.1, -0.05) is 0 Å². The fraction of sp³-hybridized carbons (Fsp3) is 0.667. The minimum atomic E-state index is -0.337. The van der Waals surface area contributed by atoms with Crippen LogP contribution in [0.4, 0.5) is 5.82 Å². The summed E-state index contributed by atoms with van der Waals surface area (Å²) in [5, 5.41) is 0. The Kier molecular flexibility index (Phi) is 3.51. The summed E-state index contributed by atoms with van der Waals surface area (Å²) in [6.07, 6.45) is 2.13. The van der Waals surface area contributed by atoms with Crippen molar-refractivity contribution in [3.05, 3.63) is 18.3 Å². The molecule has 0 unspecified atom stereocenters. The molecule has 0 atom stereocenters. The molecule has 1 aromatic heterocycles. The van der Waals surface area contributed by atoms with Gasteiger partial charge in [0.2, 0.25) is 0 Å². The normalized spacial score (nSPS) is 24.2. The third-order valence-electron chi connectivity index (χ3n) is 4.80. The SMILES string of the molecule is COC1CN(c2cc(B3OC(C)(C)C(C)(C)O3)ccn2)C1. The fourth-order valence-corrected chi connectivity index (χ4v) is 2.51. The summed E-state index contributed by atoms with van der Waals surface area (Å²) in [6, 6.07) is 4.01. The predicted octanol–water partition coefficient (Wildman–Crippen LogP) is 1.22. The van der Waals surface area contributed by atoms with E-state index in [1.807, 2.05) is 18.3 Å². The van der Waals surface area contributed by atoms with E-state index in [1.165, 1.54) is 0 Å². The number of methoxy groups -OCH3 is 1. The van der Waals surface area contributed by atoms with E-state index >= 15 is 0 Å². The van der Waals surface area contributed by atoms with Gasteiger partial charge in [-0.2, -0.15) is 0 Å². The lowest BCUT2D eigenvalue weighted by molar-refractivity contribution is 0.00578. The van der Waals surface area contributed by atoms with Gasteiger partial charge in [0, 0.05) is 26.4 Å². The molecule has 0 radical (unpaired) electrons. The average molecular weight is 290 g/mol. The summed E-state index contributed by atoms with van der Waals surface area (Å²) in [6.45, 7) is 10.0. The zero-order valence-corrected chi connectivity index (χ0v) is 13.4. The van der Waals surface area contributed by atoms with E-state index in [9.17, 15) is 0 Å². The van der Waals surface area contributed by atoms with Gasteiger partial charge in [0.05, 0.1) is 17.3 Å². The lowest BCUT2D eigenvalue weighted by Crippen LogP contribution is -2.52. The third-order valence-corrected chi connectivity index (χ3v) is 4.80. The minimum absolute atomic E-state index is 0.312. The molecular weight excluding hydrogens is 267 g/mol. The summed E-state index contributed by atoms with van der Waals surface area (Å²) in [5.41, 5.74) is 0.373.